The summed E-state index contributed by atoms with van der Waals surface area (Å²) in [7, 11) is 0. The molecule has 0 spiro atoms. The summed E-state index contributed by atoms with van der Waals surface area (Å²) >= 11 is 0. The molecule has 4 nitrogen and oxygen atoms in total. The van der Waals surface area contributed by atoms with E-state index in [2.05, 4.69) is 18.0 Å². The molecule has 1 aliphatic heterocycles. The Kier molecular flexibility index (Phi) is 5.73. The number of benzene rings is 2. The van der Waals surface area contributed by atoms with E-state index in [1.54, 1.807) is 12.1 Å². The molecule has 0 saturated heterocycles. The van der Waals surface area contributed by atoms with Crippen LogP contribution in [0.3, 0.4) is 0 Å². The molecular formula is C23H28FN3O. The van der Waals surface area contributed by atoms with Crippen molar-refractivity contribution in [3.8, 4) is 0 Å². The Morgan fingerprint density at radius 1 is 1.25 bits per heavy atom. The van der Waals surface area contributed by atoms with Crippen LogP contribution in [0.15, 0.2) is 60.8 Å². The van der Waals surface area contributed by atoms with Crippen molar-refractivity contribution in [3.63, 3.8) is 0 Å². The molecule has 28 heavy (non-hydrogen) atoms. The number of carbonyl (C=O) groups is 1. The first kappa shape index (κ1) is 19.9. The van der Waals surface area contributed by atoms with Gasteiger partial charge in [0, 0.05) is 17.8 Å². The van der Waals surface area contributed by atoms with Crippen molar-refractivity contribution in [3.05, 3.63) is 83.3 Å². The standard InChI is InChI=1S/C23H28FN3O/c1-16(25)12-14-23(2,3)26-22(28)27-15-13-17-6-4-5-7-20(17)21(27)18-8-10-19(24)11-9-18/h4-11,21H,1,12-15,25H2,2-3H3,(H,26,28). The molecule has 3 N–H and O–H groups in total. The van der Waals surface area contributed by atoms with Gasteiger partial charge in [0.15, 0.2) is 0 Å². The topological polar surface area (TPSA) is 58.4 Å². The van der Waals surface area contributed by atoms with Crippen LogP contribution < -0.4 is 11.1 Å². The lowest BCUT2D eigenvalue weighted by Gasteiger charge is -2.40. The van der Waals surface area contributed by atoms with Crippen molar-refractivity contribution in [2.75, 3.05) is 6.54 Å². The summed E-state index contributed by atoms with van der Waals surface area (Å²) in [5, 5.41) is 3.14. The molecule has 2 aromatic carbocycles. The number of hydrogen-bond donors (Lipinski definition) is 2. The lowest BCUT2D eigenvalue weighted by molar-refractivity contribution is 0.168. The van der Waals surface area contributed by atoms with Gasteiger partial charge in [-0.1, -0.05) is 43.0 Å². The number of carbonyl (C=O) groups excluding carboxylic acids is 1. The van der Waals surface area contributed by atoms with E-state index in [1.165, 1.54) is 17.7 Å². The summed E-state index contributed by atoms with van der Waals surface area (Å²) in [5.41, 5.74) is 9.09. The minimum Gasteiger partial charge on any atom is -0.403 e. The number of nitrogens with zero attached hydrogens (tertiary/aromatic N) is 1. The Hall–Kier alpha value is -2.82. The molecule has 1 aliphatic rings. The monoisotopic (exact) mass is 381 g/mol. The molecule has 1 atom stereocenters. The molecule has 5 heteroatoms. The fourth-order valence-electron chi connectivity index (χ4n) is 3.69. The van der Waals surface area contributed by atoms with Gasteiger partial charge in [-0.15, -0.1) is 0 Å². The minimum absolute atomic E-state index is 0.128. The summed E-state index contributed by atoms with van der Waals surface area (Å²) in [6.45, 7) is 8.31. The number of rotatable bonds is 5. The number of nitrogens with one attached hydrogen (secondary N) is 1. The van der Waals surface area contributed by atoms with E-state index in [4.69, 9.17) is 5.73 Å². The van der Waals surface area contributed by atoms with Crippen LogP contribution in [0, 0.1) is 5.82 Å². The van der Waals surface area contributed by atoms with E-state index in [0.29, 0.717) is 25.1 Å². The van der Waals surface area contributed by atoms with Crippen LogP contribution >= 0.6 is 0 Å². The second-order valence-corrected chi connectivity index (χ2v) is 8.07. The summed E-state index contributed by atoms with van der Waals surface area (Å²) < 4.78 is 13.5. The van der Waals surface area contributed by atoms with Crippen molar-refractivity contribution in [2.45, 2.75) is 44.7 Å². The highest BCUT2D eigenvalue weighted by Gasteiger charge is 2.34. The van der Waals surface area contributed by atoms with E-state index in [-0.39, 0.29) is 17.9 Å². The molecule has 0 aromatic heterocycles. The molecule has 2 aromatic rings. The summed E-state index contributed by atoms with van der Waals surface area (Å²) in [6.07, 6.45) is 2.15. The first-order chi connectivity index (χ1) is 13.3. The highest BCUT2D eigenvalue weighted by Crippen LogP contribution is 2.35. The highest BCUT2D eigenvalue weighted by molar-refractivity contribution is 5.76. The summed E-state index contributed by atoms with van der Waals surface area (Å²) in [4.78, 5) is 15.0. The third-order valence-electron chi connectivity index (χ3n) is 5.25. The van der Waals surface area contributed by atoms with Crippen LogP contribution in [0.5, 0.6) is 0 Å². The summed E-state index contributed by atoms with van der Waals surface area (Å²) in [5.74, 6) is -0.285. The Balaban J connectivity index is 1.89. The van der Waals surface area contributed by atoms with Crippen LogP contribution in [-0.2, 0) is 6.42 Å². The second kappa shape index (κ2) is 8.05. The van der Waals surface area contributed by atoms with Crippen LogP contribution in [0.4, 0.5) is 9.18 Å². The molecule has 0 saturated carbocycles. The maximum atomic E-state index is 13.5. The highest BCUT2D eigenvalue weighted by atomic mass is 19.1. The zero-order chi connectivity index (χ0) is 20.3. The Bertz CT molecular complexity index is 860. The second-order valence-electron chi connectivity index (χ2n) is 8.07. The molecule has 0 fully saturated rings. The molecule has 0 bridgehead atoms. The van der Waals surface area contributed by atoms with Gasteiger partial charge in [-0.2, -0.15) is 0 Å². The van der Waals surface area contributed by atoms with Gasteiger partial charge in [0.05, 0.1) is 6.04 Å². The quantitative estimate of drug-likeness (QED) is 0.800. The minimum atomic E-state index is -0.413. The third kappa shape index (κ3) is 4.53. The fourth-order valence-corrected chi connectivity index (χ4v) is 3.69. The first-order valence-corrected chi connectivity index (χ1v) is 9.62. The Morgan fingerprint density at radius 3 is 2.61 bits per heavy atom. The zero-order valence-electron chi connectivity index (χ0n) is 16.5. The molecule has 3 rings (SSSR count). The number of fused-ring (bicyclic) bond motifs is 1. The van der Waals surface area contributed by atoms with Crippen molar-refractivity contribution >= 4 is 6.03 Å². The van der Waals surface area contributed by atoms with Crippen molar-refractivity contribution in [1.29, 1.82) is 0 Å². The van der Waals surface area contributed by atoms with Gasteiger partial charge >= 0.3 is 6.03 Å². The smallest absolute Gasteiger partial charge is 0.318 e. The number of allylic oxidation sites excluding steroid dienone is 1. The van der Waals surface area contributed by atoms with Gasteiger partial charge in [0.1, 0.15) is 5.82 Å². The van der Waals surface area contributed by atoms with E-state index < -0.39 is 5.54 Å². The van der Waals surface area contributed by atoms with E-state index >= 15 is 0 Å². The van der Waals surface area contributed by atoms with Crippen LogP contribution in [0.25, 0.3) is 0 Å². The third-order valence-corrected chi connectivity index (χ3v) is 5.25. The molecule has 0 aliphatic carbocycles. The van der Waals surface area contributed by atoms with Gasteiger partial charge in [0.25, 0.3) is 0 Å². The number of urea groups is 1. The van der Waals surface area contributed by atoms with Crippen molar-refractivity contribution in [2.24, 2.45) is 5.73 Å². The fraction of sp³-hybridized carbons (Fsp3) is 0.348. The SMILES string of the molecule is C=C(N)CCC(C)(C)NC(=O)N1CCc2ccccc2C1c1ccc(F)cc1. The van der Waals surface area contributed by atoms with Crippen molar-refractivity contribution < 1.29 is 9.18 Å². The molecule has 1 unspecified atom stereocenters. The van der Waals surface area contributed by atoms with E-state index in [1.807, 2.05) is 36.9 Å². The largest absolute Gasteiger partial charge is 0.403 e. The maximum absolute atomic E-state index is 13.5. The number of hydrogen-bond acceptors (Lipinski definition) is 2. The van der Waals surface area contributed by atoms with Crippen LogP contribution in [0.1, 0.15) is 49.4 Å². The lowest BCUT2D eigenvalue weighted by atomic mass is 9.88. The Labute approximate surface area is 166 Å². The van der Waals surface area contributed by atoms with Gasteiger partial charge in [-0.25, -0.2) is 9.18 Å². The first-order valence-electron chi connectivity index (χ1n) is 9.62. The zero-order valence-corrected chi connectivity index (χ0v) is 16.5. The average Bonchev–Trinajstić information content (AvgIpc) is 2.66. The average molecular weight is 381 g/mol. The molecule has 148 valence electrons. The van der Waals surface area contributed by atoms with Gasteiger partial charge in [-0.05, 0) is 61.9 Å². The Morgan fingerprint density at radius 2 is 1.93 bits per heavy atom. The summed E-state index contributed by atoms with van der Waals surface area (Å²) in [6, 6.07) is 14.2. The molecular weight excluding hydrogens is 353 g/mol. The number of nitrogens with two attached hydrogens (primary N) is 1. The predicted molar refractivity (Wildman–Crippen MR) is 110 cm³/mol. The van der Waals surface area contributed by atoms with Crippen LogP contribution in [0.2, 0.25) is 0 Å². The molecule has 2 amide bonds. The maximum Gasteiger partial charge on any atom is 0.318 e. The predicted octanol–water partition coefficient (Wildman–Crippen LogP) is 4.51. The molecule has 0 radical (unpaired) electrons. The van der Waals surface area contributed by atoms with Gasteiger partial charge in [0.2, 0.25) is 0 Å². The van der Waals surface area contributed by atoms with E-state index in [0.717, 1.165) is 17.5 Å². The number of halogens is 1. The normalized spacial score (nSPS) is 16.4. The molecule has 1 heterocycles. The lowest BCUT2D eigenvalue weighted by Crippen LogP contribution is -2.52. The van der Waals surface area contributed by atoms with Crippen molar-refractivity contribution in [1.82, 2.24) is 10.2 Å². The van der Waals surface area contributed by atoms with Crippen LogP contribution in [-0.4, -0.2) is 23.0 Å². The van der Waals surface area contributed by atoms with Gasteiger partial charge < -0.3 is 16.0 Å². The van der Waals surface area contributed by atoms with E-state index in [9.17, 15) is 9.18 Å². The number of amides is 2. The van der Waals surface area contributed by atoms with Gasteiger partial charge in [-0.3, -0.25) is 0 Å².